The van der Waals surface area contributed by atoms with Gasteiger partial charge >= 0.3 is 0 Å². The zero-order valence-electron chi connectivity index (χ0n) is 13.5. The molecule has 2 aromatic rings. The third kappa shape index (κ3) is 3.03. The Kier molecular flexibility index (Phi) is 4.62. The highest BCUT2D eigenvalue weighted by Gasteiger charge is 2.35. The average Bonchev–Trinajstić information content (AvgIpc) is 2.96. The van der Waals surface area contributed by atoms with E-state index in [9.17, 15) is 13.6 Å². The number of halogens is 2. The minimum absolute atomic E-state index is 0.0532. The minimum atomic E-state index is -2.76. The lowest BCUT2D eigenvalue weighted by Gasteiger charge is -2.39. The van der Waals surface area contributed by atoms with E-state index in [0.29, 0.717) is 13.2 Å². The summed E-state index contributed by atoms with van der Waals surface area (Å²) < 4.78 is 33.3. The molecule has 0 spiro atoms. The second-order valence-corrected chi connectivity index (χ2v) is 5.90. The van der Waals surface area contributed by atoms with Gasteiger partial charge in [-0.15, -0.1) is 0 Å². The predicted octanol–water partition coefficient (Wildman–Crippen LogP) is 2.96. The van der Waals surface area contributed by atoms with Crippen LogP contribution in [0.1, 0.15) is 41.0 Å². The van der Waals surface area contributed by atoms with Gasteiger partial charge in [-0.1, -0.05) is 30.3 Å². The van der Waals surface area contributed by atoms with E-state index in [0.717, 1.165) is 10.2 Å². The Bertz CT molecular complexity index is 718. The van der Waals surface area contributed by atoms with Crippen molar-refractivity contribution in [3.63, 3.8) is 0 Å². The summed E-state index contributed by atoms with van der Waals surface area (Å²) in [6.45, 7) is 2.54. The van der Waals surface area contributed by atoms with Crippen LogP contribution in [0.15, 0.2) is 36.5 Å². The highest BCUT2D eigenvalue weighted by molar-refractivity contribution is 5.95. The molecule has 128 valence electrons. The van der Waals surface area contributed by atoms with Gasteiger partial charge in [-0.3, -0.25) is 9.48 Å². The Balaban J connectivity index is 1.96. The summed E-state index contributed by atoms with van der Waals surface area (Å²) in [5, 5.41) is 3.83. The molecule has 0 radical (unpaired) electrons. The van der Waals surface area contributed by atoms with Gasteiger partial charge in [0.25, 0.3) is 12.3 Å². The number of alkyl halides is 2. The molecule has 1 aliphatic heterocycles. The molecule has 1 aliphatic rings. The third-order valence-electron chi connectivity index (χ3n) is 4.24. The van der Waals surface area contributed by atoms with Gasteiger partial charge < -0.3 is 9.64 Å². The average molecular weight is 335 g/mol. The first-order chi connectivity index (χ1) is 11.5. The van der Waals surface area contributed by atoms with E-state index < -0.39 is 12.3 Å². The molecule has 0 N–H and O–H groups in total. The summed E-state index contributed by atoms with van der Waals surface area (Å²) in [4.78, 5) is 14.6. The molecule has 1 amide bonds. The highest BCUT2D eigenvalue weighted by Crippen LogP contribution is 2.30. The smallest absolute Gasteiger partial charge is 0.280 e. The fourth-order valence-corrected chi connectivity index (χ4v) is 3.00. The molecule has 1 fully saturated rings. The van der Waals surface area contributed by atoms with Gasteiger partial charge in [-0.05, 0) is 12.5 Å². The van der Waals surface area contributed by atoms with Crippen LogP contribution in [-0.4, -0.2) is 39.8 Å². The normalized spacial score (nSPS) is 21.3. The minimum Gasteiger partial charge on any atom is -0.374 e. The van der Waals surface area contributed by atoms with Crippen molar-refractivity contribution in [3.8, 4) is 0 Å². The summed E-state index contributed by atoms with van der Waals surface area (Å²) in [6, 6.07) is 9.15. The van der Waals surface area contributed by atoms with E-state index in [-0.39, 0.29) is 23.4 Å². The van der Waals surface area contributed by atoms with Crippen LogP contribution in [0.3, 0.4) is 0 Å². The zero-order chi connectivity index (χ0) is 17.3. The number of aromatic nitrogens is 2. The third-order valence-corrected chi connectivity index (χ3v) is 4.24. The van der Waals surface area contributed by atoms with Crippen molar-refractivity contribution < 1.29 is 18.3 Å². The molecule has 7 heteroatoms. The van der Waals surface area contributed by atoms with E-state index in [1.165, 1.54) is 13.2 Å². The maximum absolute atomic E-state index is 13.3. The van der Waals surface area contributed by atoms with Crippen LogP contribution in [0.25, 0.3) is 0 Å². The molecule has 1 aromatic carbocycles. The zero-order valence-corrected chi connectivity index (χ0v) is 13.5. The van der Waals surface area contributed by atoms with Crippen molar-refractivity contribution in [2.24, 2.45) is 7.05 Å². The maximum Gasteiger partial charge on any atom is 0.280 e. The molecule has 24 heavy (non-hydrogen) atoms. The second-order valence-electron chi connectivity index (χ2n) is 5.90. The van der Waals surface area contributed by atoms with E-state index in [2.05, 4.69) is 5.10 Å². The van der Waals surface area contributed by atoms with Crippen LogP contribution in [0.2, 0.25) is 0 Å². The molecule has 1 saturated heterocycles. The molecule has 1 aromatic heterocycles. The molecule has 3 rings (SSSR count). The van der Waals surface area contributed by atoms with Gasteiger partial charge in [0.1, 0.15) is 5.69 Å². The van der Waals surface area contributed by atoms with Crippen molar-refractivity contribution in [1.29, 1.82) is 0 Å². The number of rotatable bonds is 3. The fraction of sp³-hybridized carbons (Fsp3) is 0.412. The second kappa shape index (κ2) is 6.68. The van der Waals surface area contributed by atoms with Crippen LogP contribution < -0.4 is 0 Å². The molecular weight excluding hydrogens is 316 g/mol. The predicted molar refractivity (Wildman–Crippen MR) is 83.8 cm³/mol. The van der Waals surface area contributed by atoms with Gasteiger partial charge in [-0.25, -0.2) is 8.78 Å². The molecule has 5 nitrogen and oxygen atoms in total. The number of ether oxygens (including phenoxy) is 1. The van der Waals surface area contributed by atoms with Crippen LogP contribution in [0.5, 0.6) is 0 Å². The van der Waals surface area contributed by atoms with E-state index in [1.54, 1.807) is 4.90 Å². The number of carbonyl (C=O) groups excluding carboxylic acids is 1. The molecular formula is C17H19F2N3O2. The monoisotopic (exact) mass is 335 g/mol. The van der Waals surface area contributed by atoms with Crippen molar-refractivity contribution in [3.05, 3.63) is 53.3 Å². The van der Waals surface area contributed by atoms with E-state index >= 15 is 0 Å². The summed E-state index contributed by atoms with van der Waals surface area (Å²) in [7, 11) is 1.41. The number of hydrogen-bond acceptors (Lipinski definition) is 3. The van der Waals surface area contributed by atoms with Gasteiger partial charge in [0.2, 0.25) is 0 Å². The van der Waals surface area contributed by atoms with Crippen LogP contribution in [-0.2, 0) is 11.8 Å². The number of amides is 1. The standard InChI is InChI=1S/C17H19F2N3O2/c1-11-9-22(14(10-24-11)12-6-4-3-5-7-12)17(23)13-8-20-21(2)15(13)16(18)19/h3-8,11,14,16H,9-10H2,1-2H3/t11-,14-/m1/s1. The first-order valence-corrected chi connectivity index (χ1v) is 7.76. The fourth-order valence-electron chi connectivity index (χ4n) is 3.00. The molecule has 2 atom stereocenters. The quantitative estimate of drug-likeness (QED) is 0.866. The van der Waals surface area contributed by atoms with Crippen LogP contribution in [0.4, 0.5) is 8.78 Å². The lowest BCUT2D eigenvalue weighted by Crippen LogP contribution is -2.47. The van der Waals surface area contributed by atoms with Crippen LogP contribution in [0, 0.1) is 0 Å². The van der Waals surface area contributed by atoms with E-state index in [1.807, 2.05) is 37.3 Å². The summed E-state index contributed by atoms with van der Waals surface area (Å²) in [5.74, 6) is -0.442. The Morgan fingerprint density at radius 3 is 2.71 bits per heavy atom. The Morgan fingerprint density at radius 1 is 1.33 bits per heavy atom. The number of benzene rings is 1. The molecule has 0 unspecified atom stereocenters. The van der Waals surface area contributed by atoms with Gasteiger partial charge in [0.15, 0.2) is 0 Å². The highest BCUT2D eigenvalue weighted by atomic mass is 19.3. The van der Waals surface area contributed by atoms with Crippen molar-refractivity contribution >= 4 is 5.91 Å². The number of morpholine rings is 1. The summed E-state index contributed by atoms with van der Waals surface area (Å²) in [6.07, 6.45) is -1.70. The van der Waals surface area contributed by atoms with Crippen molar-refractivity contribution in [1.82, 2.24) is 14.7 Å². The molecule has 0 aliphatic carbocycles. The molecule has 0 saturated carbocycles. The topological polar surface area (TPSA) is 47.4 Å². The number of hydrogen-bond donors (Lipinski definition) is 0. The number of nitrogens with zero attached hydrogens (tertiary/aromatic N) is 3. The van der Waals surface area contributed by atoms with Gasteiger partial charge in [-0.2, -0.15) is 5.10 Å². The summed E-state index contributed by atoms with van der Waals surface area (Å²) in [5.41, 5.74) is 0.508. The first-order valence-electron chi connectivity index (χ1n) is 7.76. The summed E-state index contributed by atoms with van der Waals surface area (Å²) >= 11 is 0. The van der Waals surface area contributed by atoms with Crippen molar-refractivity contribution in [2.75, 3.05) is 13.2 Å². The Morgan fingerprint density at radius 2 is 2.04 bits per heavy atom. The van der Waals surface area contributed by atoms with Crippen molar-refractivity contribution in [2.45, 2.75) is 25.5 Å². The molecule has 0 bridgehead atoms. The lowest BCUT2D eigenvalue weighted by atomic mass is 10.0. The van der Waals surface area contributed by atoms with Gasteiger partial charge in [0, 0.05) is 13.6 Å². The Hall–Kier alpha value is -2.28. The van der Waals surface area contributed by atoms with Crippen LogP contribution >= 0.6 is 0 Å². The number of aryl methyl sites for hydroxylation is 1. The Labute approximate surface area is 138 Å². The SMILES string of the molecule is C[C@@H]1CN(C(=O)c2cnn(C)c2C(F)F)[C@@H](c2ccccc2)CO1. The molecule has 2 heterocycles. The number of carbonyl (C=O) groups is 1. The maximum atomic E-state index is 13.3. The largest absolute Gasteiger partial charge is 0.374 e. The van der Waals surface area contributed by atoms with E-state index in [4.69, 9.17) is 4.74 Å². The lowest BCUT2D eigenvalue weighted by molar-refractivity contribution is -0.0449. The first kappa shape index (κ1) is 16.6. The van der Waals surface area contributed by atoms with Gasteiger partial charge in [0.05, 0.1) is 30.5 Å².